The Morgan fingerprint density at radius 2 is 1.23 bits per heavy atom. The van der Waals surface area contributed by atoms with E-state index in [2.05, 4.69) is 56.7 Å². The summed E-state index contributed by atoms with van der Waals surface area (Å²) in [5.41, 5.74) is 2.01. The SMILES string of the molecule is COc1cc2c(N3CCC(Cc4ccc(C)nn4)CC3)nncc2c(OC)c1OC.COc1cc2c(N3CCCC(c4nnc(CN(C)C)o4)C3)nncc2c(OC)c1OC. The Bertz CT molecular complexity index is 2410. The molecule has 0 radical (unpaired) electrons. The number of hydrogen-bond donors (Lipinski definition) is 0. The van der Waals surface area contributed by atoms with E-state index in [0.29, 0.717) is 65.3 Å². The van der Waals surface area contributed by atoms with Gasteiger partial charge in [0.2, 0.25) is 23.3 Å². The van der Waals surface area contributed by atoms with Crippen LogP contribution < -0.4 is 38.2 Å². The summed E-state index contributed by atoms with van der Waals surface area (Å²) in [6.07, 6.45) is 8.46. The number of rotatable bonds is 13. The summed E-state index contributed by atoms with van der Waals surface area (Å²) < 4.78 is 39.3. The molecular formula is C43H55N11O7. The number of fused-ring (bicyclic) bond motifs is 2. The number of methoxy groups -OCH3 is 6. The van der Waals surface area contributed by atoms with Gasteiger partial charge in [-0.25, -0.2) is 0 Å². The summed E-state index contributed by atoms with van der Waals surface area (Å²) in [6, 6.07) is 7.98. The maximum Gasteiger partial charge on any atom is 0.230 e. The van der Waals surface area contributed by atoms with Crippen LogP contribution in [0.3, 0.4) is 0 Å². The molecule has 2 aliphatic heterocycles. The number of benzene rings is 2. The van der Waals surface area contributed by atoms with Crippen molar-refractivity contribution in [2.75, 3.05) is 92.7 Å². The smallest absolute Gasteiger partial charge is 0.230 e. The van der Waals surface area contributed by atoms with Gasteiger partial charge < -0.3 is 47.5 Å². The number of aromatic nitrogens is 8. The standard InChI is InChI=1S/C22H27N5O3.C21H28N6O4/c1-14-5-6-16(25-24-14)11-15-7-9-27(10-8-15)22-17-12-19(28-2)21(30-4)20(29-3)18(17)13-23-26-22;1-26(2)12-17-23-25-21(31-17)13-7-6-8-27(11-13)20-14-9-16(28-3)19(30-5)18(29-4)15(14)10-22-24-20/h5-6,12-13,15H,7-11H2,1-4H3;9-10,13H,6-8,11-12H2,1-5H3. The maximum absolute atomic E-state index is 5.93. The zero-order chi connectivity index (χ0) is 43.0. The van der Waals surface area contributed by atoms with Crippen molar-refractivity contribution < 1.29 is 32.8 Å². The molecule has 6 aromatic rings. The van der Waals surface area contributed by atoms with Crippen molar-refractivity contribution in [3.63, 3.8) is 0 Å². The van der Waals surface area contributed by atoms with E-state index in [1.807, 2.05) is 44.1 Å². The van der Waals surface area contributed by atoms with Crippen LogP contribution in [0.15, 0.2) is 41.1 Å². The lowest BCUT2D eigenvalue weighted by Crippen LogP contribution is -2.35. The summed E-state index contributed by atoms with van der Waals surface area (Å²) in [5.74, 6) is 7.12. The molecule has 0 bridgehead atoms. The van der Waals surface area contributed by atoms with Crippen molar-refractivity contribution in [2.24, 2.45) is 5.92 Å². The van der Waals surface area contributed by atoms with Gasteiger partial charge in [-0.1, -0.05) is 0 Å². The molecule has 2 saturated heterocycles. The molecule has 0 N–H and O–H groups in total. The van der Waals surface area contributed by atoms with E-state index >= 15 is 0 Å². The third kappa shape index (κ3) is 9.23. The van der Waals surface area contributed by atoms with Gasteiger partial charge in [-0.3, -0.25) is 0 Å². The van der Waals surface area contributed by atoms with Crippen LogP contribution in [0, 0.1) is 12.8 Å². The van der Waals surface area contributed by atoms with E-state index in [-0.39, 0.29) is 5.92 Å². The van der Waals surface area contributed by atoms with Crippen LogP contribution in [0.1, 0.15) is 54.8 Å². The molecule has 1 atom stereocenters. The molecule has 2 fully saturated rings. The first kappa shape index (κ1) is 42.8. The summed E-state index contributed by atoms with van der Waals surface area (Å²) in [5, 5.41) is 37.9. The fraction of sp³-hybridized carbons (Fsp3) is 0.488. The molecule has 8 rings (SSSR count). The van der Waals surface area contributed by atoms with Gasteiger partial charge in [0.1, 0.15) is 0 Å². The first-order chi connectivity index (χ1) is 29.7. The second-order valence-electron chi connectivity index (χ2n) is 15.4. The zero-order valence-electron chi connectivity index (χ0n) is 36.5. The molecule has 18 nitrogen and oxygen atoms in total. The second kappa shape index (κ2) is 19.4. The highest BCUT2D eigenvalue weighted by atomic mass is 16.5. The lowest BCUT2D eigenvalue weighted by atomic mass is 9.92. The fourth-order valence-electron chi connectivity index (χ4n) is 8.16. The number of anilines is 2. The van der Waals surface area contributed by atoms with Crippen LogP contribution in [0.5, 0.6) is 34.5 Å². The molecule has 1 unspecified atom stereocenters. The Morgan fingerprint density at radius 3 is 1.75 bits per heavy atom. The lowest BCUT2D eigenvalue weighted by Gasteiger charge is -2.33. The minimum atomic E-state index is 0.135. The number of hydrogen-bond acceptors (Lipinski definition) is 18. The Labute approximate surface area is 355 Å². The average Bonchev–Trinajstić information content (AvgIpc) is 3.76. The Hall–Kier alpha value is -6.30. The van der Waals surface area contributed by atoms with E-state index in [9.17, 15) is 0 Å². The molecule has 2 aliphatic rings. The van der Waals surface area contributed by atoms with Crippen molar-refractivity contribution in [3.05, 3.63) is 59.8 Å². The van der Waals surface area contributed by atoms with Crippen LogP contribution in [0.4, 0.5) is 11.6 Å². The predicted molar refractivity (Wildman–Crippen MR) is 230 cm³/mol. The minimum Gasteiger partial charge on any atom is -0.493 e. The molecule has 0 amide bonds. The van der Waals surface area contributed by atoms with Crippen LogP contribution in [-0.2, 0) is 13.0 Å². The minimum absolute atomic E-state index is 0.135. The van der Waals surface area contributed by atoms with Crippen LogP contribution in [0.25, 0.3) is 21.5 Å². The topological polar surface area (TPSA) is 181 Å². The van der Waals surface area contributed by atoms with Gasteiger partial charge in [0.15, 0.2) is 34.6 Å². The third-order valence-corrected chi connectivity index (χ3v) is 11.2. The molecule has 0 aliphatic carbocycles. The fourth-order valence-corrected chi connectivity index (χ4v) is 8.16. The molecule has 324 valence electrons. The first-order valence-electron chi connectivity index (χ1n) is 20.3. The third-order valence-electron chi connectivity index (χ3n) is 11.2. The van der Waals surface area contributed by atoms with E-state index in [4.69, 9.17) is 32.8 Å². The number of piperidine rings is 2. The monoisotopic (exact) mass is 837 g/mol. The molecular weight excluding hydrogens is 783 g/mol. The van der Waals surface area contributed by atoms with Crippen molar-refractivity contribution in [3.8, 4) is 34.5 Å². The van der Waals surface area contributed by atoms with Gasteiger partial charge >= 0.3 is 0 Å². The Balaban J connectivity index is 0.000000184. The maximum atomic E-state index is 5.93. The van der Waals surface area contributed by atoms with E-state index < -0.39 is 0 Å². The predicted octanol–water partition coefficient (Wildman–Crippen LogP) is 5.70. The summed E-state index contributed by atoms with van der Waals surface area (Å²) in [7, 11) is 13.6. The highest BCUT2D eigenvalue weighted by molar-refractivity contribution is 6.00. The van der Waals surface area contributed by atoms with Crippen molar-refractivity contribution in [1.29, 1.82) is 0 Å². The van der Waals surface area contributed by atoms with Crippen molar-refractivity contribution in [1.82, 2.24) is 45.7 Å². The quantitative estimate of drug-likeness (QED) is 0.138. The summed E-state index contributed by atoms with van der Waals surface area (Å²) >= 11 is 0. The highest BCUT2D eigenvalue weighted by Gasteiger charge is 2.30. The van der Waals surface area contributed by atoms with Gasteiger partial charge in [0, 0.05) is 37.0 Å². The largest absolute Gasteiger partial charge is 0.493 e. The van der Waals surface area contributed by atoms with E-state index in [1.165, 1.54) is 0 Å². The number of nitrogens with zero attached hydrogens (tertiary/aromatic N) is 11. The first-order valence-corrected chi connectivity index (χ1v) is 20.3. The van der Waals surface area contributed by atoms with Gasteiger partial charge in [0.05, 0.1) is 89.7 Å². The van der Waals surface area contributed by atoms with Gasteiger partial charge in [-0.05, 0) is 83.3 Å². The molecule has 2 aromatic carbocycles. The number of ether oxygens (including phenoxy) is 6. The normalized spacial score (nSPS) is 15.7. The average molecular weight is 838 g/mol. The lowest BCUT2D eigenvalue weighted by molar-refractivity contribution is 0.318. The Kier molecular flexibility index (Phi) is 13.6. The summed E-state index contributed by atoms with van der Waals surface area (Å²) in [4.78, 5) is 6.51. The van der Waals surface area contributed by atoms with Crippen LogP contribution >= 0.6 is 0 Å². The molecule has 4 aromatic heterocycles. The highest BCUT2D eigenvalue weighted by Crippen LogP contribution is 2.47. The van der Waals surface area contributed by atoms with Crippen LogP contribution in [-0.4, -0.2) is 129 Å². The van der Waals surface area contributed by atoms with E-state index in [1.54, 1.807) is 55.1 Å². The molecule has 61 heavy (non-hydrogen) atoms. The summed E-state index contributed by atoms with van der Waals surface area (Å²) in [6.45, 7) is 5.98. The molecule has 6 heterocycles. The molecule has 0 spiro atoms. The second-order valence-corrected chi connectivity index (χ2v) is 15.4. The van der Waals surface area contributed by atoms with Crippen molar-refractivity contribution in [2.45, 2.75) is 51.5 Å². The van der Waals surface area contributed by atoms with Gasteiger partial charge in [-0.2, -0.15) is 20.4 Å². The molecule has 0 saturated carbocycles. The van der Waals surface area contributed by atoms with Gasteiger partial charge in [0.25, 0.3) is 0 Å². The molecule has 18 heteroatoms. The van der Waals surface area contributed by atoms with Gasteiger partial charge in [-0.15, -0.1) is 20.4 Å². The number of aryl methyl sites for hydroxylation is 1. The van der Waals surface area contributed by atoms with Crippen LogP contribution in [0.2, 0.25) is 0 Å². The van der Waals surface area contributed by atoms with E-state index in [0.717, 1.165) is 96.3 Å². The Morgan fingerprint density at radius 1 is 0.639 bits per heavy atom. The zero-order valence-corrected chi connectivity index (χ0v) is 36.5. The van der Waals surface area contributed by atoms with Crippen molar-refractivity contribution >= 4 is 33.2 Å².